The second-order valence-electron chi connectivity index (χ2n) is 7.04. The first-order valence-electron chi connectivity index (χ1n) is 9.74. The molecule has 8 heteroatoms. The summed E-state index contributed by atoms with van der Waals surface area (Å²) >= 11 is 0. The predicted molar refractivity (Wildman–Crippen MR) is 109 cm³/mol. The van der Waals surface area contributed by atoms with Crippen LogP contribution < -0.4 is 5.32 Å². The molecule has 1 N–H and O–H groups in total. The van der Waals surface area contributed by atoms with Gasteiger partial charge in [-0.15, -0.1) is 0 Å². The lowest BCUT2D eigenvalue weighted by atomic mass is 10.1. The normalized spacial score (nSPS) is 15.9. The molecule has 0 atom stereocenters. The van der Waals surface area contributed by atoms with Gasteiger partial charge in [-0.25, -0.2) is 12.8 Å². The van der Waals surface area contributed by atoms with E-state index in [9.17, 15) is 17.6 Å². The third-order valence-electron chi connectivity index (χ3n) is 5.02. The largest absolute Gasteiger partial charge is 0.355 e. The molecule has 0 spiro atoms. The van der Waals surface area contributed by atoms with Crippen LogP contribution in [-0.4, -0.2) is 62.8 Å². The number of hydrogen-bond donors (Lipinski definition) is 1. The first kappa shape index (κ1) is 21.4. The van der Waals surface area contributed by atoms with Crippen molar-refractivity contribution in [1.29, 1.82) is 0 Å². The van der Waals surface area contributed by atoms with Crippen molar-refractivity contribution in [2.24, 2.45) is 0 Å². The summed E-state index contributed by atoms with van der Waals surface area (Å²) in [4.78, 5) is 14.2. The van der Waals surface area contributed by atoms with Crippen LogP contribution in [0.3, 0.4) is 0 Å². The zero-order chi connectivity index (χ0) is 20.7. The van der Waals surface area contributed by atoms with E-state index < -0.39 is 15.8 Å². The van der Waals surface area contributed by atoms with Gasteiger partial charge >= 0.3 is 0 Å². The highest BCUT2D eigenvalue weighted by molar-refractivity contribution is 7.89. The zero-order valence-corrected chi connectivity index (χ0v) is 17.1. The lowest BCUT2D eigenvalue weighted by Gasteiger charge is -2.33. The summed E-state index contributed by atoms with van der Waals surface area (Å²) in [5.74, 6) is -0.439. The van der Waals surface area contributed by atoms with Crippen LogP contribution in [0.15, 0.2) is 59.5 Å². The highest BCUT2D eigenvalue weighted by Gasteiger charge is 2.28. The van der Waals surface area contributed by atoms with Crippen molar-refractivity contribution < 1.29 is 17.6 Å². The molecule has 1 amide bonds. The zero-order valence-electron chi connectivity index (χ0n) is 16.3. The molecule has 29 heavy (non-hydrogen) atoms. The second kappa shape index (κ2) is 9.96. The minimum Gasteiger partial charge on any atom is -0.355 e. The van der Waals surface area contributed by atoms with Gasteiger partial charge in [0.15, 0.2) is 0 Å². The van der Waals surface area contributed by atoms with Gasteiger partial charge in [-0.1, -0.05) is 30.3 Å². The maximum atomic E-state index is 13.0. The van der Waals surface area contributed by atoms with Crippen LogP contribution in [0.2, 0.25) is 0 Å². The molecule has 0 unspecified atom stereocenters. The monoisotopic (exact) mass is 419 g/mol. The number of nitrogens with zero attached hydrogens (tertiary/aromatic N) is 2. The molecule has 1 aliphatic rings. The van der Waals surface area contributed by atoms with Crippen molar-refractivity contribution in [3.8, 4) is 0 Å². The molecule has 0 aliphatic carbocycles. The van der Waals surface area contributed by atoms with Gasteiger partial charge in [-0.3, -0.25) is 9.69 Å². The van der Waals surface area contributed by atoms with E-state index in [1.165, 1.54) is 16.4 Å². The number of carbonyl (C=O) groups excluding carboxylic acids is 1. The number of carbonyl (C=O) groups is 1. The van der Waals surface area contributed by atoms with E-state index in [1.807, 2.05) is 30.3 Å². The van der Waals surface area contributed by atoms with Gasteiger partial charge in [0.1, 0.15) is 5.82 Å². The molecule has 1 saturated heterocycles. The van der Waals surface area contributed by atoms with Crippen LogP contribution in [-0.2, 0) is 21.2 Å². The molecular formula is C21H26FN3O3S. The van der Waals surface area contributed by atoms with E-state index in [0.29, 0.717) is 52.1 Å². The Hall–Kier alpha value is -2.29. The fourth-order valence-corrected chi connectivity index (χ4v) is 4.72. The Balaban J connectivity index is 1.37. The highest BCUT2D eigenvalue weighted by Crippen LogP contribution is 2.17. The topological polar surface area (TPSA) is 69.7 Å². The number of halogens is 1. The molecule has 2 aromatic rings. The Bertz CT molecular complexity index is 897. The smallest absolute Gasteiger partial charge is 0.243 e. The highest BCUT2D eigenvalue weighted by atomic mass is 32.2. The fraction of sp³-hybridized carbons (Fsp3) is 0.381. The summed E-state index contributed by atoms with van der Waals surface area (Å²) in [6, 6.07) is 14.8. The molecule has 1 heterocycles. The van der Waals surface area contributed by atoms with Crippen LogP contribution in [0.1, 0.15) is 12.0 Å². The van der Waals surface area contributed by atoms with E-state index in [1.54, 1.807) is 0 Å². The number of hydrogen-bond acceptors (Lipinski definition) is 4. The molecule has 156 valence electrons. The molecule has 1 fully saturated rings. The number of piperazine rings is 1. The third-order valence-corrected chi connectivity index (χ3v) is 6.93. The number of rotatable bonds is 8. The molecule has 0 bridgehead atoms. The van der Waals surface area contributed by atoms with Gasteiger partial charge < -0.3 is 5.32 Å². The minimum absolute atomic E-state index is 0.0198. The summed E-state index contributed by atoms with van der Waals surface area (Å²) in [5, 5.41) is 2.92. The standard InChI is InChI=1S/C21H26FN3O3S/c22-19-7-9-20(10-8-19)29(27,28)25-16-14-24(15-17-25)13-12-23-21(26)11-6-18-4-2-1-3-5-18/h1-5,7-10H,6,11-17H2,(H,23,26). The van der Waals surface area contributed by atoms with Crippen LogP contribution in [0.5, 0.6) is 0 Å². The average Bonchev–Trinajstić information content (AvgIpc) is 2.74. The molecule has 0 aromatic heterocycles. The lowest BCUT2D eigenvalue weighted by Crippen LogP contribution is -2.50. The van der Waals surface area contributed by atoms with Crippen molar-refractivity contribution in [2.45, 2.75) is 17.7 Å². The lowest BCUT2D eigenvalue weighted by molar-refractivity contribution is -0.121. The quantitative estimate of drug-likeness (QED) is 0.709. The van der Waals surface area contributed by atoms with E-state index in [2.05, 4.69) is 10.2 Å². The minimum atomic E-state index is -3.60. The Morgan fingerprint density at radius 3 is 2.28 bits per heavy atom. The summed E-state index contributed by atoms with van der Waals surface area (Å²) in [7, 11) is -3.60. The summed E-state index contributed by atoms with van der Waals surface area (Å²) in [5.41, 5.74) is 1.14. The van der Waals surface area contributed by atoms with Crippen LogP contribution in [0.25, 0.3) is 0 Å². The van der Waals surface area contributed by atoms with E-state index in [-0.39, 0.29) is 10.8 Å². The Labute approximate surface area is 171 Å². The maximum absolute atomic E-state index is 13.0. The number of sulfonamides is 1. The van der Waals surface area contributed by atoms with Crippen molar-refractivity contribution in [3.63, 3.8) is 0 Å². The van der Waals surface area contributed by atoms with Crippen molar-refractivity contribution in [3.05, 3.63) is 66.0 Å². The van der Waals surface area contributed by atoms with Gasteiger partial charge in [-0.2, -0.15) is 4.31 Å². The summed E-state index contributed by atoms with van der Waals surface area (Å²) in [6.45, 7) is 3.17. The maximum Gasteiger partial charge on any atom is 0.243 e. The Kier molecular flexibility index (Phi) is 7.35. The van der Waals surface area contributed by atoms with Gasteiger partial charge in [-0.05, 0) is 36.2 Å². The van der Waals surface area contributed by atoms with Gasteiger partial charge in [0.2, 0.25) is 15.9 Å². The second-order valence-corrected chi connectivity index (χ2v) is 8.97. The van der Waals surface area contributed by atoms with Crippen molar-refractivity contribution in [1.82, 2.24) is 14.5 Å². The van der Waals surface area contributed by atoms with Crippen molar-refractivity contribution in [2.75, 3.05) is 39.3 Å². The first-order chi connectivity index (χ1) is 13.9. The van der Waals surface area contributed by atoms with Crippen molar-refractivity contribution >= 4 is 15.9 Å². The predicted octanol–water partition coefficient (Wildman–Crippen LogP) is 1.88. The van der Waals surface area contributed by atoms with Crippen LogP contribution in [0.4, 0.5) is 4.39 Å². The molecule has 3 rings (SSSR count). The molecule has 0 saturated carbocycles. The van der Waals surface area contributed by atoms with Crippen LogP contribution >= 0.6 is 0 Å². The SMILES string of the molecule is O=C(CCc1ccccc1)NCCN1CCN(S(=O)(=O)c2ccc(F)cc2)CC1. The third kappa shape index (κ3) is 6.09. The number of nitrogens with one attached hydrogen (secondary N) is 1. The fourth-order valence-electron chi connectivity index (χ4n) is 3.29. The molecular weight excluding hydrogens is 393 g/mol. The summed E-state index contributed by atoms with van der Waals surface area (Å²) in [6.07, 6.45) is 1.17. The molecule has 6 nitrogen and oxygen atoms in total. The van der Waals surface area contributed by atoms with E-state index in [4.69, 9.17) is 0 Å². The Morgan fingerprint density at radius 2 is 1.62 bits per heavy atom. The molecule has 2 aromatic carbocycles. The number of aryl methyl sites for hydroxylation is 1. The number of amides is 1. The average molecular weight is 420 g/mol. The first-order valence-corrected chi connectivity index (χ1v) is 11.2. The number of benzene rings is 2. The Morgan fingerprint density at radius 1 is 0.966 bits per heavy atom. The van der Waals surface area contributed by atoms with Gasteiger partial charge in [0.05, 0.1) is 4.90 Å². The summed E-state index contributed by atoms with van der Waals surface area (Å²) < 4.78 is 39.7. The van der Waals surface area contributed by atoms with Gasteiger partial charge in [0.25, 0.3) is 0 Å². The van der Waals surface area contributed by atoms with E-state index >= 15 is 0 Å². The molecule has 0 radical (unpaired) electrons. The van der Waals surface area contributed by atoms with Crippen LogP contribution in [0, 0.1) is 5.82 Å². The van der Waals surface area contributed by atoms with E-state index in [0.717, 1.165) is 17.7 Å². The molecule has 1 aliphatic heterocycles. The van der Waals surface area contributed by atoms with Gasteiger partial charge in [0, 0.05) is 45.7 Å².